The van der Waals surface area contributed by atoms with Crippen LogP contribution in [0.5, 0.6) is 5.75 Å². The van der Waals surface area contributed by atoms with E-state index >= 15 is 0 Å². The van der Waals surface area contributed by atoms with Gasteiger partial charge in [-0.15, -0.1) is 11.3 Å². The number of nitrogen functional groups attached to an aromatic ring is 1. The summed E-state index contributed by atoms with van der Waals surface area (Å²) in [5, 5.41) is 4.08. The number of Topliss-reactive ketones (excluding diaryl/α,β-unsaturated/α-hetero) is 1. The number of thiophene rings is 1. The van der Waals surface area contributed by atoms with Gasteiger partial charge < -0.3 is 20.5 Å². The molecule has 6 heteroatoms. The van der Waals surface area contributed by atoms with Crippen LogP contribution >= 0.6 is 11.3 Å². The van der Waals surface area contributed by atoms with E-state index in [0.29, 0.717) is 22.9 Å². The fraction of sp³-hybridized carbons (Fsp3) is 0.583. The molecule has 0 fully saturated rings. The monoisotopic (exact) mass is 272 g/mol. The third-order valence-electron chi connectivity index (χ3n) is 2.62. The van der Waals surface area contributed by atoms with Gasteiger partial charge >= 0.3 is 0 Å². The maximum Gasteiger partial charge on any atom is 0.176 e. The van der Waals surface area contributed by atoms with E-state index in [1.807, 2.05) is 0 Å². The number of carbonyl (C=O) groups is 1. The predicted molar refractivity (Wildman–Crippen MR) is 74.9 cm³/mol. The summed E-state index contributed by atoms with van der Waals surface area (Å²) >= 11 is 1.32. The minimum absolute atomic E-state index is 0.0522. The normalized spacial score (nSPS) is 12.2. The lowest BCUT2D eigenvalue weighted by Gasteiger charge is -2.16. The molecule has 0 aromatic carbocycles. The first-order chi connectivity index (χ1) is 8.54. The van der Waals surface area contributed by atoms with Crippen LogP contribution in [0.4, 0.5) is 10.7 Å². The van der Waals surface area contributed by atoms with Gasteiger partial charge in [-0.1, -0.05) is 6.92 Å². The lowest BCUT2D eigenvalue weighted by molar-refractivity contribution is 0.102. The minimum Gasteiger partial charge on any atom is -0.492 e. The highest BCUT2D eigenvalue weighted by molar-refractivity contribution is 7.19. The van der Waals surface area contributed by atoms with Crippen LogP contribution < -0.4 is 15.8 Å². The molecule has 1 aromatic heterocycles. The van der Waals surface area contributed by atoms with Crippen LogP contribution in [0.3, 0.4) is 0 Å². The van der Waals surface area contributed by atoms with Crippen molar-refractivity contribution in [2.75, 3.05) is 31.9 Å². The summed E-state index contributed by atoms with van der Waals surface area (Å²) in [7, 11) is 3.20. The second kappa shape index (κ2) is 6.61. The van der Waals surface area contributed by atoms with Crippen LogP contribution in [-0.2, 0) is 4.74 Å². The number of nitrogens with one attached hydrogen (secondary N) is 1. The molecule has 5 nitrogen and oxygen atoms in total. The fourth-order valence-electron chi connectivity index (χ4n) is 1.64. The molecule has 0 aliphatic carbocycles. The number of hydrogen-bond acceptors (Lipinski definition) is 6. The molecule has 3 N–H and O–H groups in total. The minimum atomic E-state index is -0.0522. The Morgan fingerprint density at radius 1 is 1.50 bits per heavy atom. The summed E-state index contributed by atoms with van der Waals surface area (Å²) in [6.45, 7) is 4.15. The summed E-state index contributed by atoms with van der Waals surface area (Å²) in [4.78, 5) is 12.0. The molecule has 1 heterocycles. The third kappa shape index (κ3) is 3.14. The van der Waals surface area contributed by atoms with E-state index in [1.54, 1.807) is 14.2 Å². The lowest BCUT2D eigenvalue weighted by atomic mass is 10.2. The Hall–Kier alpha value is -1.27. The first-order valence-electron chi connectivity index (χ1n) is 5.77. The molecule has 102 valence electrons. The number of hydrogen-bond donors (Lipinski definition) is 2. The molecule has 1 aromatic rings. The van der Waals surface area contributed by atoms with Crippen molar-refractivity contribution < 1.29 is 14.3 Å². The van der Waals surface area contributed by atoms with Gasteiger partial charge in [0, 0.05) is 14.0 Å². The molecule has 0 radical (unpaired) electrons. The van der Waals surface area contributed by atoms with Gasteiger partial charge in [-0.3, -0.25) is 4.79 Å². The number of carbonyl (C=O) groups excluding carboxylic acids is 1. The number of nitrogens with two attached hydrogens (primary N) is 1. The molecule has 18 heavy (non-hydrogen) atoms. The maximum atomic E-state index is 11.5. The molecule has 0 spiro atoms. The van der Waals surface area contributed by atoms with Gasteiger partial charge in [0.15, 0.2) is 11.5 Å². The average molecular weight is 272 g/mol. The smallest absolute Gasteiger partial charge is 0.176 e. The first kappa shape index (κ1) is 14.8. The van der Waals surface area contributed by atoms with E-state index in [0.717, 1.165) is 11.4 Å². The van der Waals surface area contributed by atoms with Gasteiger partial charge in [0.1, 0.15) is 5.00 Å². The summed E-state index contributed by atoms with van der Waals surface area (Å²) in [5.74, 6) is 0.489. The molecule has 0 saturated heterocycles. The summed E-state index contributed by atoms with van der Waals surface area (Å²) in [6.07, 6.45) is 0.907. The van der Waals surface area contributed by atoms with E-state index in [2.05, 4.69) is 12.2 Å². The molecule has 0 bridgehead atoms. The predicted octanol–water partition coefficient (Wildman–Crippen LogP) is 2.38. The molecular formula is C12H20N2O3S. The highest BCUT2D eigenvalue weighted by Gasteiger charge is 2.21. The van der Waals surface area contributed by atoms with Crippen LogP contribution in [0.15, 0.2) is 0 Å². The number of ether oxygens (including phenoxy) is 2. The van der Waals surface area contributed by atoms with Crippen LogP contribution in [0.25, 0.3) is 0 Å². The Bertz CT molecular complexity index is 418. The summed E-state index contributed by atoms with van der Waals surface area (Å²) < 4.78 is 10.4. The van der Waals surface area contributed by atoms with Gasteiger partial charge in [-0.05, 0) is 6.42 Å². The van der Waals surface area contributed by atoms with E-state index < -0.39 is 0 Å². The zero-order valence-electron chi connectivity index (χ0n) is 11.2. The largest absolute Gasteiger partial charge is 0.492 e. The third-order valence-corrected chi connectivity index (χ3v) is 3.84. The van der Waals surface area contributed by atoms with Crippen molar-refractivity contribution >= 4 is 27.8 Å². The van der Waals surface area contributed by atoms with Crippen molar-refractivity contribution in [1.82, 2.24) is 0 Å². The second-order valence-corrected chi connectivity index (χ2v) is 4.99. The van der Waals surface area contributed by atoms with Gasteiger partial charge in [-0.2, -0.15) is 0 Å². The molecule has 0 aliphatic heterocycles. The number of anilines is 2. The van der Waals surface area contributed by atoms with Gasteiger partial charge in [0.05, 0.1) is 30.3 Å². The van der Waals surface area contributed by atoms with Crippen LogP contribution in [-0.4, -0.2) is 32.7 Å². The van der Waals surface area contributed by atoms with E-state index in [1.165, 1.54) is 18.3 Å². The molecule has 0 saturated carbocycles. The Balaban J connectivity index is 3.00. The molecular weight excluding hydrogens is 252 g/mol. The zero-order valence-corrected chi connectivity index (χ0v) is 12.0. The van der Waals surface area contributed by atoms with Crippen molar-refractivity contribution in [2.24, 2.45) is 0 Å². The van der Waals surface area contributed by atoms with Crippen molar-refractivity contribution in [3.8, 4) is 5.75 Å². The van der Waals surface area contributed by atoms with Gasteiger partial charge in [-0.25, -0.2) is 0 Å². The Morgan fingerprint density at radius 2 is 2.17 bits per heavy atom. The molecule has 0 aliphatic rings. The molecule has 1 unspecified atom stereocenters. The van der Waals surface area contributed by atoms with E-state index in [-0.39, 0.29) is 11.8 Å². The standard InChI is InChI=1S/C12H20N2O3S/c1-5-8(6-16-3)14-12-10(17-4)9(13)11(18-12)7(2)15/h8,14H,5-6,13H2,1-4H3. The second-order valence-electron chi connectivity index (χ2n) is 3.97. The summed E-state index contributed by atoms with van der Waals surface area (Å²) in [5.41, 5.74) is 6.31. The SMILES string of the molecule is CCC(COC)Nc1sc(C(C)=O)c(N)c1OC. The van der Waals surface area contributed by atoms with Crippen LogP contribution in [0, 0.1) is 0 Å². The van der Waals surface area contributed by atoms with Crippen LogP contribution in [0.2, 0.25) is 0 Å². The van der Waals surface area contributed by atoms with Crippen molar-refractivity contribution in [1.29, 1.82) is 0 Å². The maximum absolute atomic E-state index is 11.5. The summed E-state index contributed by atoms with van der Waals surface area (Å²) in [6, 6.07) is 0.168. The van der Waals surface area contributed by atoms with Gasteiger partial charge in [0.25, 0.3) is 0 Å². The molecule has 0 amide bonds. The van der Waals surface area contributed by atoms with E-state index in [9.17, 15) is 4.79 Å². The van der Waals surface area contributed by atoms with Crippen molar-refractivity contribution in [3.05, 3.63) is 4.88 Å². The quantitative estimate of drug-likeness (QED) is 0.745. The van der Waals surface area contributed by atoms with Crippen molar-refractivity contribution in [3.63, 3.8) is 0 Å². The van der Waals surface area contributed by atoms with Gasteiger partial charge in [0.2, 0.25) is 0 Å². The number of rotatable bonds is 7. The molecule has 1 atom stereocenters. The topological polar surface area (TPSA) is 73.6 Å². The molecule has 1 rings (SSSR count). The number of ketones is 1. The van der Waals surface area contributed by atoms with Crippen molar-refractivity contribution in [2.45, 2.75) is 26.3 Å². The number of methoxy groups -OCH3 is 2. The Morgan fingerprint density at radius 3 is 2.61 bits per heavy atom. The Labute approximate surface area is 111 Å². The lowest BCUT2D eigenvalue weighted by Crippen LogP contribution is -2.23. The van der Waals surface area contributed by atoms with Crippen LogP contribution in [0.1, 0.15) is 29.9 Å². The zero-order chi connectivity index (χ0) is 13.7. The van der Waals surface area contributed by atoms with E-state index in [4.69, 9.17) is 15.2 Å². The Kier molecular flexibility index (Phi) is 5.43. The highest BCUT2D eigenvalue weighted by Crippen LogP contribution is 2.43. The average Bonchev–Trinajstić information content (AvgIpc) is 2.65. The highest BCUT2D eigenvalue weighted by atomic mass is 32.1. The fourth-order valence-corrected chi connectivity index (χ4v) is 2.70. The first-order valence-corrected chi connectivity index (χ1v) is 6.59.